The summed E-state index contributed by atoms with van der Waals surface area (Å²) < 4.78 is 10.8. The van der Waals surface area contributed by atoms with Crippen molar-refractivity contribution in [3.63, 3.8) is 0 Å². The van der Waals surface area contributed by atoms with Gasteiger partial charge in [0.2, 0.25) is 0 Å². The molecule has 8 heteroatoms. The number of furan rings is 1. The van der Waals surface area contributed by atoms with E-state index in [1.807, 2.05) is 30.3 Å². The van der Waals surface area contributed by atoms with E-state index >= 15 is 0 Å². The molecule has 0 bridgehead atoms. The number of methoxy groups -OCH3 is 1. The van der Waals surface area contributed by atoms with E-state index in [0.717, 1.165) is 56.1 Å². The molecule has 1 aliphatic rings. The first-order chi connectivity index (χ1) is 15.2. The minimum absolute atomic E-state index is 0.205. The van der Waals surface area contributed by atoms with Crippen molar-refractivity contribution in [2.24, 2.45) is 0 Å². The molecule has 8 nitrogen and oxygen atoms in total. The first-order valence-corrected chi connectivity index (χ1v) is 10.7. The molecule has 1 fully saturated rings. The SMILES string of the molecule is CCN1CCN(CCNC(=O)c2cc3occc3c(Nc3ccc(OC)cc3)n2)CC1. The van der Waals surface area contributed by atoms with E-state index in [9.17, 15) is 4.79 Å². The second-order valence-corrected chi connectivity index (χ2v) is 7.57. The van der Waals surface area contributed by atoms with Crippen molar-refractivity contribution in [3.05, 3.63) is 48.4 Å². The van der Waals surface area contributed by atoms with Crippen LogP contribution in [0.15, 0.2) is 47.1 Å². The van der Waals surface area contributed by atoms with Gasteiger partial charge in [0.05, 0.1) is 18.8 Å². The van der Waals surface area contributed by atoms with Gasteiger partial charge in [-0.1, -0.05) is 6.92 Å². The summed E-state index contributed by atoms with van der Waals surface area (Å²) in [7, 11) is 1.63. The second-order valence-electron chi connectivity index (χ2n) is 7.57. The van der Waals surface area contributed by atoms with E-state index in [1.54, 1.807) is 19.4 Å². The van der Waals surface area contributed by atoms with Crippen LogP contribution in [0.3, 0.4) is 0 Å². The summed E-state index contributed by atoms with van der Waals surface area (Å²) in [6.45, 7) is 8.96. The predicted molar refractivity (Wildman–Crippen MR) is 121 cm³/mol. The Labute approximate surface area is 182 Å². The molecule has 2 N–H and O–H groups in total. The zero-order chi connectivity index (χ0) is 21.6. The molecule has 1 amide bonds. The van der Waals surface area contributed by atoms with Crippen LogP contribution < -0.4 is 15.4 Å². The number of carbonyl (C=O) groups excluding carboxylic acids is 1. The monoisotopic (exact) mass is 423 g/mol. The number of carbonyl (C=O) groups is 1. The average molecular weight is 424 g/mol. The van der Waals surface area contributed by atoms with Crippen molar-refractivity contribution in [1.29, 1.82) is 0 Å². The summed E-state index contributed by atoms with van der Waals surface area (Å²) >= 11 is 0. The van der Waals surface area contributed by atoms with E-state index in [2.05, 4.69) is 32.3 Å². The fourth-order valence-corrected chi connectivity index (χ4v) is 3.74. The lowest BCUT2D eigenvalue weighted by Gasteiger charge is -2.33. The van der Waals surface area contributed by atoms with Crippen molar-refractivity contribution in [1.82, 2.24) is 20.1 Å². The largest absolute Gasteiger partial charge is 0.497 e. The molecule has 1 saturated heterocycles. The summed E-state index contributed by atoms with van der Waals surface area (Å²) in [5.41, 5.74) is 1.79. The number of ether oxygens (including phenoxy) is 1. The van der Waals surface area contributed by atoms with Gasteiger partial charge in [0.1, 0.15) is 22.8 Å². The van der Waals surface area contributed by atoms with E-state index in [0.29, 0.717) is 23.6 Å². The molecule has 0 spiro atoms. The molecule has 0 unspecified atom stereocenters. The normalized spacial score (nSPS) is 15.2. The van der Waals surface area contributed by atoms with E-state index in [4.69, 9.17) is 9.15 Å². The van der Waals surface area contributed by atoms with Gasteiger partial charge in [-0.15, -0.1) is 0 Å². The highest BCUT2D eigenvalue weighted by Crippen LogP contribution is 2.27. The first kappa shape index (κ1) is 21.1. The molecule has 1 aliphatic heterocycles. The molecular weight excluding hydrogens is 394 g/mol. The van der Waals surface area contributed by atoms with Crippen molar-refractivity contribution in [2.75, 3.05) is 58.2 Å². The number of likely N-dealkylation sites (N-methyl/N-ethyl adjacent to an activating group) is 1. The van der Waals surface area contributed by atoms with Gasteiger partial charge in [-0.3, -0.25) is 9.69 Å². The molecular formula is C23H29N5O3. The minimum Gasteiger partial charge on any atom is -0.497 e. The van der Waals surface area contributed by atoms with Crippen LogP contribution in [0, 0.1) is 0 Å². The number of fused-ring (bicyclic) bond motifs is 1. The summed E-state index contributed by atoms with van der Waals surface area (Å²) in [6.07, 6.45) is 1.60. The molecule has 4 rings (SSSR count). The summed E-state index contributed by atoms with van der Waals surface area (Å²) in [5.74, 6) is 1.15. The van der Waals surface area contributed by atoms with Crippen molar-refractivity contribution < 1.29 is 13.9 Å². The topological polar surface area (TPSA) is 82.9 Å². The Kier molecular flexibility index (Phi) is 6.69. The lowest BCUT2D eigenvalue weighted by molar-refractivity contribution is 0.0933. The molecule has 2 aromatic heterocycles. The number of pyridine rings is 1. The third-order valence-corrected chi connectivity index (χ3v) is 5.66. The van der Waals surface area contributed by atoms with Gasteiger partial charge in [0.15, 0.2) is 0 Å². The molecule has 0 saturated carbocycles. The number of piperazine rings is 1. The smallest absolute Gasteiger partial charge is 0.270 e. The fourth-order valence-electron chi connectivity index (χ4n) is 3.74. The van der Waals surface area contributed by atoms with E-state index in [-0.39, 0.29) is 5.91 Å². The fraction of sp³-hybridized carbons (Fsp3) is 0.391. The van der Waals surface area contributed by atoms with Crippen LogP contribution >= 0.6 is 0 Å². The van der Waals surface area contributed by atoms with Crippen LogP contribution in [-0.2, 0) is 0 Å². The average Bonchev–Trinajstić information content (AvgIpc) is 3.29. The maximum atomic E-state index is 12.8. The quantitative estimate of drug-likeness (QED) is 0.576. The van der Waals surface area contributed by atoms with Crippen LogP contribution in [0.1, 0.15) is 17.4 Å². The zero-order valence-corrected chi connectivity index (χ0v) is 18.1. The van der Waals surface area contributed by atoms with Gasteiger partial charge < -0.3 is 24.7 Å². The van der Waals surface area contributed by atoms with Gasteiger partial charge in [-0.05, 0) is 36.9 Å². The molecule has 31 heavy (non-hydrogen) atoms. The first-order valence-electron chi connectivity index (χ1n) is 10.7. The number of benzene rings is 1. The second kappa shape index (κ2) is 9.80. The van der Waals surface area contributed by atoms with E-state index < -0.39 is 0 Å². The Morgan fingerprint density at radius 2 is 1.87 bits per heavy atom. The number of nitrogens with zero attached hydrogens (tertiary/aromatic N) is 3. The number of aromatic nitrogens is 1. The van der Waals surface area contributed by atoms with Crippen LogP contribution in [0.2, 0.25) is 0 Å². The zero-order valence-electron chi connectivity index (χ0n) is 18.1. The van der Waals surface area contributed by atoms with Gasteiger partial charge in [-0.2, -0.15) is 0 Å². The van der Waals surface area contributed by atoms with Gasteiger partial charge in [0.25, 0.3) is 5.91 Å². The molecule has 0 atom stereocenters. The van der Waals surface area contributed by atoms with Crippen LogP contribution in [0.4, 0.5) is 11.5 Å². The standard InChI is InChI=1S/C23H29N5O3/c1-3-27-11-13-28(14-12-27)10-9-24-23(29)20-16-21-19(8-15-31-21)22(26-20)25-17-4-6-18(30-2)7-5-17/h4-8,15-16H,3,9-14H2,1-2H3,(H,24,29)(H,25,26). The third kappa shape index (κ3) is 5.15. The van der Waals surface area contributed by atoms with Crippen molar-refractivity contribution in [2.45, 2.75) is 6.92 Å². The molecule has 164 valence electrons. The number of nitrogens with one attached hydrogen (secondary N) is 2. The van der Waals surface area contributed by atoms with Gasteiger partial charge >= 0.3 is 0 Å². The van der Waals surface area contributed by atoms with Crippen molar-refractivity contribution >= 4 is 28.4 Å². The maximum Gasteiger partial charge on any atom is 0.270 e. The van der Waals surface area contributed by atoms with E-state index in [1.165, 1.54) is 0 Å². The molecule has 3 aromatic rings. The molecule has 1 aromatic carbocycles. The Morgan fingerprint density at radius 3 is 2.58 bits per heavy atom. The van der Waals surface area contributed by atoms with Crippen LogP contribution in [0.25, 0.3) is 11.0 Å². The number of hydrogen-bond donors (Lipinski definition) is 2. The highest BCUT2D eigenvalue weighted by atomic mass is 16.5. The lowest BCUT2D eigenvalue weighted by Crippen LogP contribution is -2.48. The molecule has 0 radical (unpaired) electrons. The summed E-state index contributed by atoms with van der Waals surface area (Å²) in [5, 5.41) is 7.09. The van der Waals surface area contributed by atoms with Gasteiger partial charge in [-0.25, -0.2) is 4.98 Å². The Hall–Kier alpha value is -3.10. The van der Waals surface area contributed by atoms with Crippen molar-refractivity contribution in [3.8, 4) is 5.75 Å². The number of rotatable bonds is 8. The van der Waals surface area contributed by atoms with Crippen LogP contribution in [0.5, 0.6) is 5.75 Å². The van der Waals surface area contributed by atoms with Gasteiger partial charge in [0, 0.05) is 51.0 Å². The number of anilines is 2. The Balaban J connectivity index is 1.40. The summed E-state index contributed by atoms with van der Waals surface area (Å²) in [4.78, 5) is 22.1. The highest BCUT2D eigenvalue weighted by molar-refractivity contribution is 5.99. The number of hydrogen-bond acceptors (Lipinski definition) is 7. The Morgan fingerprint density at radius 1 is 1.13 bits per heavy atom. The third-order valence-electron chi connectivity index (χ3n) is 5.66. The maximum absolute atomic E-state index is 12.8. The lowest BCUT2D eigenvalue weighted by atomic mass is 10.2. The molecule has 3 heterocycles. The van der Waals surface area contributed by atoms with Crippen LogP contribution in [-0.4, -0.2) is 73.6 Å². The number of amides is 1. The summed E-state index contributed by atoms with van der Waals surface area (Å²) in [6, 6.07) is 11.1. The predicted octanol–water partition coefficient (Wildman–Crippen LogP) is 2.95. The highest BCUT2D eigenvalue weighted by Gasteiger charge is 2.17. The minimum atomic E-state index is -0.205. The molecule has 0 aliphatic carbocycles. The Bertz CT molecular complexity index is 1010.